The van der Waals surface area contributed by atoms with E-state index in [0.717, 1.165) is 17.8 Å². The molecular weight excluding hydrogens is 172 g/mol. The van der Waals surface area contributed by atoms with Gasteiger partial charge in [-0.25, -0.2) is 0 Å². The second-order valence-corrected chi connectivity index (χ2v) is 5.24. The molecule has 80 valence electrons. The summed E-state index contributed by atoms with van der Waals surface area (Å²) >= 11 is 0. The largest absolute Gasteiger partial charge is 0.271 e. The molecule has 2 fully saturated rings. The van der Waals surface area contributed by atoms with E-state index in [9.17, 15) is 0 Å². The summed E-state index contributed by atoms with van der Waals surface area (Å²) in [6.07, 6.45) is 7.07. The predicted molar refractivity (Wildman–Crippen MR) is 59.5 cm³/mol. The molecule has 14 heavy (non-hydrogen) atoms. The van der Waals surface area contributed by atoms with Gasteiger partial charge >= 0.3 is 0 Å². The lowest BCUT2D eigenvalue weighted by atomic mass is 9.83. The second kappa shape index (κ2) is 4.03. The Morgan fingerprint density at radius 1 is 1.50 bits per heavy atom. The van der Waals surface area contributed by atoms with Crippen molar-refractivity contribution in [1.29, 1.82) is 0 Å². The third kappa shape index (κ3) is 1.86. The summed E-state index contributed by atoms with van der Waals surface area (Å²) in [6, 6.07) is 0.333. The molecule has 2 saturated carbocycles. The molecule has 2 heteroatoms. The Morgan fingerprint density at radius 2 is 2.29 bits per heavy atom. The first-order valence-electron chi connectivity index (χ1n) is 5.82. The highest BCUT2D eigenvalue weighted by atomic mass is 15.2. The SMILES string of the molecule is C=C(C)C(CC1CC2CCC1C2)NN. The maximum Gasteiger partial charge on any atom is 0.0417 e. The Kier molecular flexibility index (Phi) is 2.93. The van der Waals surface area contributed by atoms with Gasteiger partial charge in [-0.1, -0.05) is 18.6 Å². The Bertz CT molecular complexity index is 224. The van der Waals surface area contributed by atoms with E-state index in [0.29, 0.717) is 6.04 Å². The molecule has 0 radical (unpaired) electrons. The topological polar surface area (TPSA) is 38.0 Å². The van der Waals surface area contributed by atoms with E-state index in [-0.39, 0.29) is 0 Å². The Labute approximate surface area is 86.9 Å². The van der Waals surface area contributed by atoms with Gasteiger partial charge < -0.3 is 0 Å². The molecule has 2 aliphatic rings. The summed E-state index contributed by atoms with van der Waals surface area (Å²) in [5, 5.41) is 0. The fraction of sp³-hybridized carbons (Fsp3) is 0.833. The van der Waals surface area contributed by atoms with Gasteiger partial charge in [0.2, 0.25) is 0 Å². The summed E-state index contributed by atoms with van der Waals surface area (Å²) in [6.45, 7) is 6.06. The van der Waals surface area contributed by atoms with E-state index < -0.39 is 0 Å². The van der Waals surface area contributed by atoms with Crippen LogP contribution in [0, 0.1) is 17.8 Å². The van der Waals surface area contributed by atoms with E-state index in [1.54, 1.807) is 0 Å². The van der Waals surface area contributed by atoms with E-state index in [2.05, 4.69) is 18.9 Å². The van der Waals surface area contributed by atoms with E-state index >= 15 is 0 Å². The first kappa shape index (κ1) is 10.2. The zero-order chi connectivity index (χ0) is 10.1. The lowest BCUT2D eigenvalue weighted by Gasteiger charge is -2.26. The predicted octanol–water partition coefficient (Wildman–Crippen LogP) is 2.22. The summed E-state index contributed by atoms with van der Waals surface area (Å²) in [5.74, 6) is 8.48. The molecule has 0 heterocycles. The smallest absolute Gasteiger partial charge is 0.0417 e. The number of hydrogen-bond acceptors (Lipinski definition) is 2. The average Bonchev–Trinajstić information content (AvgIpc) is 2.74. The molecule has 0 saturated heterocycles. The van der Waals surface area contributed by atoms with Gasteiger partial charge in [-0.05, 0) is 50.4 Å². The van der Waals surface area contributed by atoms with Gasteiger partial charge in [0.15, 0.2) is 0 Å². The number of nitrogens with two attached hydrogens (primary N) is 1. The zero-order valence-electron chi connectivity index (χ0n) is 9.13. The van der Waals surface area contributed by atoms with Crippen LogP contribution in [0.2, 0.25) is 0 Å². The number of hydrazine groups is 1. The maximum atomic E-state index is 5.54. The molecule has 0 aliphatic heterocycles. The standard InChI is InChI=1S/C12H22N2/c1-8(2)12(14-13)7-11-6-9-3-4-10(11)5-9/h9-12,14H,1,3-7,13H2,2H3. The van der Waals surface area contributed by atoms with Crippen molar-refractivity contribution in [3.8, 4) is 0 Å². The van der Waals surface area contributed by atoms with Gasteiger partial charge in [-0.15, -0.1) is 0 Å². The van der Waals surface area contributed by atoms with Crippen LogP contribution in [0.5, 0.6) is 0 Å². The lowest BCUT2D eigenvalue weighted by Crippen LogP contribution is -2.38. The zero-order valence-corrected chi connectivity index (χ0v) is 9.13. The summed E-state index contributed by atoms with van der Waals surface area (Å²) in [4.78, 5) is 0. The molecule has 2 aliphatic carbocycles. The quantitative estimate of drug-likeness (QED) is 0.409. The van der Waals surface area contributed by atoms with Crippen molar-refractivity contribution in [2.45, 2.75) is 45.1 Å². The highest BCUT2D eigenvalue weighted by Gasteiger charge is 2.39. The van der Waals surface area contributed by atoms with E-state index in [4.69, 9.17) is 5.84 Å². The van der Waals surface area contributed by atoms with Crippen molar-refractivity contribution >= 4 is 0 Å². The highest BCUT2D eigenvalue weighted by molar-refractivity contribution is 5.03. The molecule has 0 aromatic rings. The maximum absolute atomic E-state index is 5.54. The van der Waals surface area contributed by atoms with Gasteiger partial charge in [0.05, 0.1) is 0 Å². The Balaban J connectivity index is 1.88. The summed E-state index contributed by atoms with van der Waals surface area (Å²) in [5.41, 5.74) is 4.06. The van der Waals surface area contributed by atoms with Crippen LogP contribution in [-0.2, 0) is 0 Å². The minimum absolute atomic E-state index is 0.333. The molecule has 0 amide bonds. The molecule has 0 spiro atoms. The first-order valence-corrected chi connectivity index (χ1v) is 5.82. The molecule has 0 aromatic carbocycles. The number of hydrogen-bond donors (Lipinski definition) is 2. The van der Waals surface area contributed by atoms with Crippen LogP contribution in [0.3, 0.4) is 0 Å². The van der Waals surface area contributed by atoms with Crippen molar-refractivity contribution in [2.75, 3.05) is 0 Å². The van der Waals surface area contributed by atoms with Gasteiger partial charge in [-0.2, -0.15) is 0 Å². The first-order chi connectivity index (χ1) is 6.70. The molecule has 4 unspecified atom stereocenters. The fourth-order valence-electron chi connectivity index (χ4n) is 3.38. The van der Waals surface area contributed by atoms with Crippen LogP contribution in [0.15, 0.2) is 12.2 Å². The normalized spacial score (nSPS) is 37.4. The minimum Gasteiger partial charge on any atom is -0.271 e. The lowest BCUT2D eigenvalue weighted by molar-refractivity contribution is 0.290. The van der Waals surface area contributed by atoms with E-state index in [1.807, 2.05) is 0 Å². The number of fused-ring (bicyclic) bond motifs is 2. The van der Waals surface area contributed by atoms with Crippen LogP contribution in [0.1, 0.15) is 39.0 Å². The molecule has 4 atom stereocenters. The Morgan fingerprint density at radius 3 is 2.71 bits per heavy atom. The molecular formula is C12H22N2. The third-order valence-corrected chi connectivity index (χ3v) is 4.22. The molecule has 0 aromatic heterocycles. The fourth-order valence-corrected chi connectivity index (χ4v) is 3.38. The van der Waals surface area contributed by atoms with Crippen LogP contribution in [-0.4, -0.2) is 6.04 Å². The summed E-state index contributed by atoms with van der Waals surface area (Å²) in [7, 11) is 0. The Hall–Kier alpha value is -0.340. The van der Waals surface area contributed by atoms with Crippen molar-refractivity contribution in [3.63, 3.8) is 0 Å². The van der Waals surface area contributed by atoms with Crippen molar-refractivity contribution < 1.29 is 0 Å². The second-order valence-electron chi connectivity index (χ2n) is 5.24. The third-order valence-electron chi connectivity index (χ3n) is 4.22. The average molecular weight is 194 g/mol. The highest BCUT2D eigenvalue weighted by Crippen LogP contribution is 2.50. The van der Waals surface area contributed by atoms with Gasteiger partial charge in [0.25, 0.3) is 0 Å². The van der Waals surface area contributed by atoms with Gasteiger partial charge in [0, 0.05) is 6.04 Å². The van der Waals surface area contributed by atoms with Crippen molar-refractivity contribution in [3.05, 3.63) is 12.2 Å². The monoisotopic (exact) mass is 194 g/mol. The minimum atomic E-state index is 0.333. The molecule has 2 rings (SSSR count). The van der Waals surface area contributed by atoms with E-state index in [1.165, 1.54) is 37.7 Å². The van der Waals surface area contributed by atoms with Crippen LogP contribution < -0.4 is 11.3 Å². The van der Waals surface area contributed by atoms with Gasteiger partial charge in [0.1, 0.15) is 0 Å². The van der Waals surface area contributed by atoms with Crippen LogP contribution in [0.4, 0.5) is 0 Å². The molecule has 2 nitrogen and oxygen atoms in total. The van der Waals surface area contributed by atoms with Gasteiger partial charge in [-0.3, -0.25) is 11.3 Å². The molecule has 3 N–H and O–H groups in total. The molecule has 2 bridgehead atoms. The summed E-state index contributed by atoms with van der Waals surface area (Å²) < 4.78 is 0. The number of nitrogens with one attached hydrogen (secondary N) is 1. The van der Waals surface area contributed by atoms with Crippen molar-refractivity contribution in [1.82, 2.24) is 5.43 Å². The van der Waals surface area contributed by atoms with Crippen LogP contribution in [0.25, 0.3) is 0 Å². The van der Waals surface area contributed by atoms with Crippen molar-refractivity contribution in [2.24, 2.45) is 23.6 Å². The van der Waals surface area contributed by atoms with Crippen LogP contribution >= 0.6 is 0 Å². The number of rotatable bonds is 4.